The minimum atomic E-state index is -0.295. The number of urea groups is 1. The second-order valence-corrected chi connectivity index (χ2v) is 9.32. The largest absolute Gasteiger partial charge is 0.338 e. The molecule has 1 atom stereocenters. The minimum absolute atomic E-state index is 0.104. The Morgan fingerprint density at radius 3 is 2.53 bits per heavy atom. The average Bonchev–Trinajstić information content (AvgIpc) is 2.68. The van der Waals surface area contributed by atoms with Crippen LogP contribution >= 0.6 is 0 Å². The van der Waals surface area contributed by atoms with Crippen LogP contribution in [0.5, 0.6) is 0 Å². The molecule has 1 saturated heterocycles. The zero-order valence-corrected chi connectivity index (χ0v) is 19.3. The Morgan fingerprint density at radius 2 is 1.90 bits per heavy atom. The van der Waals surface area contributed by atoms with Crippen LogP contribution < -0.4 is 16.0 Å². The molecule has 30 heavy (non-hydrogen) atoms. The smallest absolute Gasteiger partial charge is 0.320 e. The van der Waals surface area contributed by atoms with Gasteiger partial charge in [0.2, 0.25) is 0 Å². The molecule has 1 aliphatic heterocycles. The molecule has 8 heteroatoms. The number of anilines is 1. The summed E-state index contributed by atoms with van der Waals surface area (Å²) < 4.78 is 0. The van der Waals surface area contributed by atoms with Gasteiger partial charge in [-0.05, 0) is 42.2 Å². The summed E-state index contributed by atoms with van der Waals surface area (Å²) in [6.07, 6.45) is 1.61. The molecule has 2 rings (SSSR count). The Labute approximate surface area is 180 Å². The van der Waals surface area contributed by atoms with Gasteiger partial charge in [0.1, 0.15) is 0 Å². The third-order valence-electron chi connectivity index (χ3n) is 5.26. The number of carbonyl (C=O) groups excluding carboxylic acids is 2. The summed E-state index contributed by atoms with van der Waals surface area (Å²) in [5, 5.41) is 17.5. The number of hydrogen-bond acceptors (Lipinski definition) is 5. The van der Waals surface area contributed by atoms with Gasteiger partial charge in [0, 0.05) is 32.2 Å². The van der Waals surface area contributed by atoms with Crippen LogP contribution in [0.3, 0.4) is 0 Å². The van der Waals surface area contributed by atoms with E-state index in [4.69, 9.17) is 0 Å². The molecule has 0 radical (unpaired) electrons. The lowest BCUT2D eigenvalue weighted by Crippen LogP contribution is -2.54. The molecule has 3 amide bonds. The van der Waals surface area contributed by atoms with E-state index in [1.165, 1.54) is 0 Å². The molecule has 1 aliphatic rings. The third kappa shape index (κ3) is 7.23. The van der Waals surface area contributed by atoms with E-state index in [1.807, 2.05) is 4.90 Å². The van der Waals surface area contributed by atoms with Crippen LogP contribution in [0, 0.1) is 17.8 Å². The van der Waals surface area contributed by atoms with Crippen molar-refractivity contribution in [2.24, 2.45) is 17.8 Å². The first-order valence-corrected chi connectivity index (χ1v) is 11.1. The number of nitrogens with zero attached hydrogens (tertiary/aromatic N) is 3. The van der Waals surface area contributed by atoms with E-state index in [0.717, 1.165) is 18.5 Å². The summed E-state index contributed by atoms with van der Waals surface area (Å²) in [4.78, 5) is 27.1. The summed E-state index contributed by atoms with van der Waals surface area (Å²) in [6.45, 7) is 15.4. The first kappa shape index (κ1) is 24.1. The van der Waals surface area contributed by atoms with Crippen LogP contribution in [-0.4, -0.2) is 59.3 Å². The number of nitrogens with one attached hydrogen (secondary N) is 3. The van der Waals surface area contributed by atoms with Crippen LogP contribution in [-0.2, 0) is 6.42 Å². The lowest BCUT2D eigenvalue weighted by molar-refractivity contribution is 0.0676. The predicted molar refractivity (Wildman–Crippen MR) is 120 cm³/mol. The highest BCUT2D eigenvalue weighted by Gasteiger charge is 2.27. The first-order chi connectivity index (χ1) is 14.2. The molecule has 0 unspecified atom stereocenters. The van der Waals surface area contributed by atoms with Gasteiger partial charge >= 0.3 is 6.03 Å². The van der Waals surface area contributed by atoms with E-state index >= 15 is 0 Å². The van der Waals surface area contributed by atoms with Gasteiger partial charge in [-0.15, -0.1) is 10.2 Å². The minimum Gasteiger partial charge on any atom is -0.338 e. The Morgan fingerprint density at radius 1 is 1.17 bits per heavy atom. The van der Waals surface area contributed by atoms with E-state index in [1.54, 1.807) is 6.07 Å². The maximum atomic E-state index is 13.0. The van der Waals surface area contributed by atoms with Gasteiger partial charge in [-0.25, -0.2) is 4.79 Å². The second kappa shape index (κ2) is 11.2. The molecule has 0 saturated carbocycles. The van der Waals surface area contributed by atoms with Crippen molar-refractivity contribution in [2.45, 2.75) is 60.4 Å². The van der Waals surface area contributed by atoms with Crippen molar-refractivity contribution >= 4 is 17.8 Å². The monoisotopic (exact) mass is 418 g/mol. The van der Waals surface area contributed by atoms with Gasteiger partial charge in [0.15, 0.2) is 11.5 Å². The summed E-state index contributed by atoms with van der Waals surface area (Å²) >= 11 is 0. The van der Waals surface area contributed by atoms with Gasteiger partial charge in [-0.1, -0.05) is 41.5 Å². The van der Waals surface area contributed by atoms with Gasteiger partial charge in [-0.3, -0.25) is 10.1 Å². The number of rotatable bonds is 8. The van der Waals surface area contributed by atoms with Crippen LogP contribution in [0.25, 0.3) is 0 Å². The van der Waals surface area contributed by atoms with Crippen molar-refractivity contribution in [2.75, 3.05) is 31.5 Å². The molecule has 0 aliphatic carbocycles. The highest BCUT2D eigenvalue weighted by molar-refractivity contribution is 5.93. The van der Waals surface area contributed by atoms with E-state index < -0.39 is 0 Å². The summed E-state index contributed by atoms with van der Waals surface area (Å²) in [6, 6.07) is 1.77. The molecule has 1 aromatic rings. The zero-order valence-electron chi connectivity index (χ0n) is 19.3. The van der Waals surface area contributed by atoms with Gasteiger partial charge in [-0.2, -0.15) is 0 Å². The molecule has 0 bridgehead atoms. The van der Waals surface area contributed by atoms with E-state index in [2.05, 4.69) is 67.7 Å². The van der Waals surface area contributed by atoms with Crippen molar-refractivity contribution in [3.8, 4) is 0 Å². The van der Waals surface area contributed by atoms with Crippen molar-refractivity contribution in [3.05, 3.63) is 17.3 Å². The maximum Gasteiger partial charge on any atom is 0.320 e. The van der Waals surface area contributed by atoms with Crippen molar-refractivity contribution in [3.63, 3.8) is 0 Å². The van der Waals surface area contributed by atoms with Gasteiger partial charge in [0.25, 0.3) is 5.91 Å². The molecule has 168 valence electrons. The molecule has 1 fully saturated rings. The fraction of sp³-hybridized carbons (Fsp3) is 0.727. The fourth-order valence-corrected chi connectivity index (χ4v) is 3.43. The van der Waals surface area contributed by atoms with Crippen LogP contribution in [0.4, 0.5) is 10.6 Å². The van der Waals surface area contributed by atoms with E-state index in [-0.39, 0.29) is 18.0 Å². The highest BCUT2D eigenvalue weighted by atomic mass is 16.2. The molecule has 3 N–H and O–H groups in total. The zero-order chi connectivity index (χ0) is 22.3. The first-order valence-electron chi connectivity index (χ1n) is 11.1. The summed E-state index contributed by atoms with van der Waals surface area (Å²) in [5.41, 5.74) is 1.17. The van der Waals surface area contributed by atoms with Crippen molar-refractivity contribution in [1.29, 1.82) is 0 Å². The SMILES string of the molecule is CC(C)CCNC(=O)Nc1nnc(C(=O)N2CCN[C@@H](C(C)C)C2)cc1CC(C)C. The molecule has 8 nitrogen and oxygen atoms in total. The summed E-state index contributed by atoms with van der Waals surface area (Å²) in [7, 11) is 0. The average molecular weight is 419 g/mol. The highest BCUT2D eigenvalue weighted by Crippen LogP contribution is 2.19. The Bertz CT molecular complexity index is 720. The van der Waals surface area contributed by atoms with E-state index in [0.29, 0.717) is 55.3 Å². The van der Waals surface area contributed by atoms with Crippen molar-refractivity contribution in [1.82, 2.24) is 25.7 Å². The number of carbonyl (C=O) groups is 2. The lowest BCUT2D eigenvalue weighted by atomic mass is 10.0. The third-order valence-corrected chi connectivity index (χ3v) is 5.26. The molecule has 2 heterocycles. The Kier molecular flexibility index (Phi) is 9.02. The van der Waals surface area contributed by atoms with Crippen LogP contribution in [0.15, 0.2) is 6.07 Å². The Hall–Kier alpha value is -2.22. The topological polar surface area (TPSA) is 99.2 Å². The normalized spacial score (nSPS) is 17.0. The molecular weight excluding hydrogens is 380 g/mol. The molecular formula is C22H38N6O2. The maximum absolute atomic E-state index is 13.0. The quantitative estimate of drug-likeness (QED) is 0.603. The molecule has 0 aromatic carbocycles. The van der Waals surface area contributed by atoms with E-state index in [9.17, 15) is 9.59 Å². The van der Waals surface area contributed by atoms with Crippen LogP contribution in [0.2, 0.25) is 0 Å². The number of piperazine rings is 1. The Balaban J connectivity index is 2.12. The standard InChI is InChI=1S/C22H38N6O2/c1-14(2)7-8-24-22(30)25-20-17(11-15(3)4)12-18(26-27-20)21(29)28-10-9-23-19(13-28)16(5)6/h12,14-16,19,23H,7-11,13H2,1-6H3,(H2,24,25,27,30)/t19-/m1/s1. The summed E-state index contributed by atoms with van der Waals surface area (Å²) in [5.74, 6) is 1.64. The molecule has 0 spiro atoms. The number of aromatic nitrogens is 2. The van der Waals surface area contributed by atoms with Crippen molar-refractivity contribution < 1.29 is 9.59 Å². The second-order valence-electron chi connectivity index (χ2n) is 9.32. The number of hydrogen-bond donors (Lipinski definition) is 3. The van der Waals surface area contributed by atoms with Gasteiger partial charge in [0.05, 0.1) is 0 Å². The predicted octanol–water partition coefficient (Wildman–Crippen LogP) is 2.91. The molecule has 1 aromatic heterocycles. The van der Waals surface area contributed by atoms with Gasteiger partial charge < -0.3 is 15.5 Å². The number of amides is 3. The lowest BCUT2D eigenvalue weighted by Gasteiger charge is -2.35. The fourth-order valence-electron chi connectivity index (χ4n) is 3.43. The van der Waals surface area contributed by atoms with Crippen LogP contribution in [0.1, 0.15) is 64.0 Å².